The first-order valence-corrected chi connectivity index (χ1v) is 5.84. The van der Waals surface area contributed by atoms with E-state index in [-0.39, 0.29) is 11.3 Å². The molecule has 0 atom stereocenters. The van der Waals surface area contributed by atoms with E-state index in [0.717, 1.165) is 5.56 Å². The number of carbonyl (C=O) groups excluding carboxylic acids is 1. The summed E-state index contributed by atoms with van der Waals surface area (Å²) in [4.78, 5) is 12.0. The van der Waals surface area contributed by atoms with Crippen molar-refractivity contribution in [3.63, 3.8) is 0 Å². The van der Waals surface area contributed by atoms with Crippen molar-refractivity contribution in [2.45, 2.75) is 13.8 Å². The second kappa shape index (κ2) is 5.10. The van der Waals surface area contributed by atoms with Gasteiger partial charge < -0.3 is 10.4 Å². The fraction of sp³-hybridized carbons (Fsp3) is 0.133. The number of amides is 1. The number of anilines is 1. The maximum atomic E-state index is 13.1. The van der Waals surface area contributed by atoms with Crippen LogP contribution in [0.25, 0.3) is 0 Å². The largest absolute Gasteiger partial charge is 0.508 e. The zero-order valence-corrected chi connectivity index (χ0v) is 10.7. The lowest BCUT2D eigenvalue weighted by atomic mass is 10.1. The van der Waals surface area contributed by atoms with E-state index in [0.29, 0.717) is 11.3 Å². The SMILES string of the molecule is Cc1ccc(NC(=O)c2cc(F)ccc2C)cc1O. The van der Waals surface area contributed by atoms with E-state index >= 15 is 0 Å². The van der Waals surface area contributed by atoms with Crippen LogP contribution in [0.4, 0.5) is 10.1 Å². The molecule has 0 aliphatic heterocycles. The van der Waals surface area contributed by atoms with Crippen molar-refractivity contribution >= 4 is 11.6 Å². The maximum Gasteiger partial charge on any atom is 0.256 e. The smallest absolute Gasteiger partial charge is 0.256 e. The number of benzene rings is 2. The van der Waals surface area contributed by atoms with Crippen LogP contribution in [0.15, 0.2) is 36.4 Å². The van der Waals surface area contributed by atoms with Crippen molar-refractivity contribution in [2.75, 3.05) is 5.32 Å². The summed E-state index contributed by atoms with van der Waals surface area (Å²) >= 11 is 0. The van der Waals surface area contributed by atoms with Crippen molar-refractivity contribution in [3.05, 3.63) is 58.9 Å². The average Bonchev–Trinajstić information content (AvgIpc) is 2.36. The molecule has 0 aliphatic carbocycles. The standard InChI is InChI=1S/C15H14FNO2/c1-9-3-5-11(16)7-13(9)15(19)17-12-6-4-10(2)14(18)8-12/h3-8,18H,1-2H3,(H,17,19). The van der Waals surface area contributed by atoms with E-state index < -0.39 is 11.7 Å². The van der Waals surface area contributed by atoms with Crippen LogP contribution in [-0.2, 0) is 0 Å². The van der Waals surface area contributed by atoms with E-state index in [4.69, 9.17) is 0 Å². The second-order valence-electron chi connectivity index (χ2n) is 4.41. The first kappa shape index (κ1) is 13.1. The molecular weight excluding hydrogens is 245 g/mol. The Balaban J connectivity index is 2.25. The first-order valence-electron chi connectivity index (χ1n) is 5.84. The summed E-state index contributed by atoms with van der Waals surface area (Å²) in [5, 5.41) is 12.2. The molecule has 0 aliphatic rings. The van der Waals surface area contributed by atoms with Gasteiger partial charge in [-0.05, 0) is 43.2 Å². The number of nitrogens with one attached hydrogen (secondary N) is 1. The average molecular weight is 259 g/mol. The van der Waals surface area contributed by atoms with Crippen LogP contribution in [0, 0.1) is 19.7 Å². The van der Waals surface area contributed by atoms with Crippen LogP contribution >= 0.6 is 0 Å². The number of rotatable bonds is 2. The summed E-state index contributed by atoms with van der Waals surface area (Å²) in [6.45, 7) is 3.50. The van der Waals surface area contributed by atoms with E-state index in [9.17, 15) is 14.3 Å². The minimum atomic E-state index is -0.456. The number of aryl methyl sites for hydroxylation is 2. The lowest BCUT2D eigenvalue weighted by Crippen LogP contribution is -2.13. The van der Waals surface area contributed by atoms with Crippen molar-refractivity contribution in [1.29, 1.82) is 0 Å². The van der Waals surface area contributed by atoms with Gasteiger partial charge in [0.2, 0.25) is 0 Å². The molecule has 4 heteroatoms. The van der Waals surface area contributed by atoms with Gasteiger partial charge in [-0.1, -0.05) is 12.1 Å². The summed E-state index contributed by atoms with van der Waals surface area (Å²) < 4.78 is 13.1. The molecule has 1 amide bonds. The lowest BCUT2D eigenvalue weighted by Gasteiger charge is -2.09. The molecule has 0 bridgehead atoms. The molecule has 0 radical (unpaired) electrons. The van der Waals surface area contributed by atoms with Gasteiger partial charge in [0.1, 0.15) is 11.6 Å². The summed E-state index contributed by atoms with van der Waals surface area (Å²) in [5.74, 6) is -0.753. The monoisotopic (exact) mass is 259 g/mol. The molecule has 98 valence electrons. The maximum absolute atomic E-state index is 13.1. The Morgan fingerprint density at radius 2 is 1.79 bits per heavy atom. The van der Waals surface area contributed by atoms with E-state index in [1.54, 1.807) is 32.0 Å². The minimum absolute atomic E-state index is 0.105. The molecule has 2 aromatic carbocycles. The zero-order chi connectivity index (χ0) is 14.0. The highest BCUT2D eigenvalue weighted by molar-refractivity contribution is 6.05. The van der Waals surface area contributed by atoms with Crippen LogP contribution in [0.1, 0.15) is 21.5 Å². The topological polar surface area (TPSA) is 49.3 Å². The van der Waals surface area contributed by atoms with Crippen LogP contribution in [-0.4, -0.2) is 11.0 Å². The fourth-order valence-electron chi connectivity index (χ4n) is 1.72. The van der Waals surface area contributed by atoms with Gasteiger partial charge in [0.05, 0.1) is 0 Å². The number of hydrogen-bond donors (Lipinski definition) is 2. The van der Waals surface area contributed by atoms with Crippen molar-refractivity contribution < 1.29 is 14.3 Å². The third-order valence-corrected chi connectivity index (χ3v) is 2.91. The van der Waals surface area contributed by atoms with Crippen LogP contribution in [0.5, 0.6) is 5.75 Å². The number of aromatic hydroxyl groups is 1. The number of hydrogen-bond acceptors (Lipinski definition) is 2. The van der Waals surface area contributed by atoms with Gasteiger partial charge in [0, 0.05) is 17.3 Å². The number of carbonyl (C=O) groups is 1. The van der Waals surface area contributed by atoms with Gasteiger partial charge in [-0.15, -0.1) is 0 Å². The summed E-state index contributed by atoms with van der Waals surface area (Å²) in [5.41, 5.74) is 2.16. The molecule has 0 unspecified atom stereocenters. The third kappa shape index (κ3) is 2.91. The molecular formula is C15H14FNO2. The molecule has 0 aromatic heterocycles. The van der Waals surface area contributed by atoms with Gasteiger partial charge in [0.25, 0.3) is 5.91 Å². The Labute approximate surface area is 110 Å². The molecule has 2 rings (SSSR count). The Hall–Kier alpha value is -2.36. The Bertz CT molecular complexity index is 638. The highest BCUT2D eigenvalue weighted by atomic mass is 19.1. The van der Waals surface area contributed by atoms with Gasteiger partial charge in [-0.3, -0.25) is 4.79 Å². The molecule has 0 heterocycles. The van der Waals surface area contributed by atoms with E-state index in [2.05, 4.69) is 5.32 Å². The van der Waals surface area contributed by atoms with Gasteiger partial charge in [0.15, 0.2) is 0 Å². The van der Waals surface area contributed by atoms with E-state index in [1.807, 2.05) is 0 Å². The number of halogens is 1. The molecule has 0 fully saturated rings. The number of phenolic OH excluding ortho intramolecular Hbond substituents is 1. The molecule has 0 saturated heterocycles. The van der Waals surface area contributed by atoms with Crippen molar-refractivity contribution in [1.82, 2.24) is 0 Å². The fourth-order valence-corrected chi connectivity index (χ4v) is 1.72. The summed E-state index contributed by atoms with van der Waals surface area (Å²) in [7, 11) is 0. The van der Waals surface area contributed by atoms with Gasteiger partial charge in [-0.25, -0.2) is 4.39 Å². The third-order valence-electron chi connectivity index (χ3n) is 2.91. The van der Waals surface area contributed by atoms with E-state index in [1.165, 1.54) is 18.2 Å². The Kier molecular flexibility index (Phi) is 3.51. The first-order chi connectivity index (χ1) is 8.97. The zero-order valence-electron chi connectivity index (χ0n) is 10.7. The van der Waals surface area contributed by atoms with Crippen molar-refractivity contribution in [2.24, 2.45) is 0 Å². The molecule has 2 aromatic rings. The van der Waals surface area contributed by atoms with Gasteiger partial charge >= 0.3 is 0 Å². The summed E-state index contributed by atoms with van der Waals surface area (Å²) in [6, 6.07) is 8.90. The molecule has 3 nitrogen and oxygen atoms in total. The van der Waals surface area contributed by atoms with Crippen LogP contribution in [0.2, 0.25) is 0 Å². The van der Waals surface area contributed by atoms with Crippen molar-refractivity contribution in [3.8, 4) is 5.75 Å². The van der Waals surface area contributed by atoms with Gasteiger partial charge in [-0.2, -0.15) is 0 Å². The molecule has 2 N–H and O–H groups in total. The normalized spacial score (nSPS) is 10.3. The highest BCUT2D eigenvalue weighted by Gasteiger charge is 2.11. The quantitative estimate of drug-likeness (QED) is 0.868. The molecule has 0 spiro atoms. The Morgan fingerprint density at radius 3 is 2.47 bits per heavy atom. The highest BCUT2D eigenvalue weighted by Crippen LogP contribution is 2.21. The summed E-state index contributed by atoms with van der Waals surface area (Å²) in [6.07, 6.45) is 0. The lowest BCUT2D eigenvalue weighted by molar-refractivity contribution is 0.102. The molecule has 0 saturated carbocycles. The van der Waals surface area contributed by atoms with Crippen LogP contribution in [0.3, 0.4) is 0 Å². The van der Waals surface area contributed by atoms with Crippen LogP contribution < -0.4 is 5.32 Å². The predicted octanol–water partition coefficient (Wildman–Crippen LogP) is 3.40. The predicted molar refractivity (Wildman–Crippen MR) is 71.9 cm³/mol. The molecule has 19 heavy (non-hydrogen) atoms. The number of phenols is 1. The minimum Gasteiger partial charge on any atom is -0.508 e. The Morgan fingerprint density at radius 1 is 1.11 bits per heavy atom. The second-order valence-corrected chi connectivity index (χ2v) is 4.41.